The van der Waals surface area contributed by atoms with Crippen LogP contribution in [0, 0.1) is 17.2 Å². The van der Waals surface area contributed by atoms with E-state index in [1.807, 2.05) is 10.1 Å². The maximum atomic E-state index is 12.2. The molecule has 1 aliphatic heterocycles. The number of nitriles is 1. The first-order chi connectivity index (χ1) is 11.2. The third kappa shape index (κ3) is 4.15. The van der Waals surface area contributed by atoms with Crippen molar-refractivity contribution in [1.82, 2.24) is 19.7 Å². The van der Waals surface area contributed by atoms with Crippen molar-refractivity contribution in [3.63, 3.8) is 0 Å². The molecule has 1 saturated heterocycles. The van der Waals surface area contributed by atoms with Crippen LogP contribution in [-0.2, 0) is 11.3 Å². The topological polar surface area (TPSA) is 86.8 Å². The zero-order valence-electron chi connectivity index (χ0n) is 12.7. The highest BCUT2D eigenvalue weighted by atomic mass is 32.1. The average Bonchev–Trinajstić information content (AvgIpc) is 3.19. The lowest BCUT2D eigenvalue weighted by Crippen LogP contribution is -2.41. The minimum atomic E-state index is -0.0645. The number of likely N-dealkylation sites (tertiary alicyclic amines) is 1. The van der Waals surface area contributed by atoms with Crippen molar-refractivity contribution < 1.29 is 4.79 Å². The van der Waals surface area contributed by atoms with E-state index >= 15 is 0 Å². The second-order valence-electron chi connectivity index (χ2n) is 5.68. The molecule has 3 heterocycles. The molecule has 2 aromatic rings. The lowest BCUT2D eigenvalue weighted by Gasteiger charge is -2.32. The molecule has 2 aromatic heterocycles. The molecule has 23 heavy (non-hydrogen) atoms. The van der Waals surface area contributed by atoms with Gasteiger partial charge in [-0.05, 0) is 36.8 Å². The fourth-order valence-corrected chi connectivity index (χ4v) is 3.65. The van der Waals surface area contributed by atoms with Crippen molar-refractivity contribution in [2.45, 2.75) is 19.4 Å². The van der Waals surface area contributed by atoms with E-state index in [-0.39, 0.29) is 5.91 Å². The lowest BCUT2D eigenvalue weighted by molar-refractivity contribution is -0.117. The summed E-state index contributed by atoms with van der Waals surface area (Å²) < 4.78 is 1.85. The highest BCUT2D eigenvalue weighted by molar-refractivity contribution is 7.14. The van der Waals surface area contributed by atoms with Crippen LogP contribution >= 0.6 is 11.3 Å². The largest absolute Gasteiger partial charge is 0.315 e. The summed E-state index contributed by atoms with van der Waals surface area (Å²) in [5.41, 5.74) is 0.519. The van der Waals surface area contributed by atoms with Gasteiger partial charge in [0.15, 0.2) is 0 Å². The zero-order chi connectivity index (χ0) is 16.1. The molecule has 0 bridgehead atoms. The Balaban J connectivity index is 1.51. The van der Waals surface area contributed by atoms with E-state index in [0.29, 0.717) is 23.0 Å². The number of nitrogens with zero attached hydrogens (tertiary/aromatic N) is 5. The van der Waals surface area contributed by atoms with Crippen molar-refractivity contribution in [3.05, 3.63) is 29.7 Å². The number of rotatable bonds is 5. The Bertz CT molecular complexity index is 689. The molecule has 0 aromatic carbocycles. The number of piperidine rings is 1. The van der Waals surface area contributed by atoms with Gasteiger partial charge in [-0.2, -0.15) is 10.4 Å². The van der Waals surface area contributed by atoms with Gasteiger partial charge in [-0.15, -0.1) is 11.3 Å². The van der Waals surface area contributed by atoms with Gasteiger partial charge in [0.2, 0.25) is 5.91 Å². The first kappa shape index (κ1) is 15.6. The minimum Gasteiger partial charge on any atom is -0.315 e. The van der Waals surface area contributed by atoms with Crippen molar-refractivity contribution >= 4 is 22.2 Å². The molecule has 0 saturated carbocycles. The summed E-state index contributed by atoms with van der Waals surface area (Å²) in [5.74, 6) is 0.417. The van der Waals surface area contributed by atoms with Gasteiger partial charge in [-0.3, -0.25) is 14.4 Å². The highest BCUT2D eigenvalue weighted by Gasteiger charge is 2.22. The minimum absolute atomic E-state index is 0.0645. The third-order valence-electron chi connectivity index (χ3n) is 3.92. The summed E-state index contributed by atoms with van der Waals surface area (Å²) >= 11 is 1.38. The maximum absolute atomic E-state index is 12.2. The monoisotopic (exact) mass is 330 g/mol. The summed E-state index contributed by atoms with van der Waals surface area (Å²) in [6.45, 7) is 3.00. The number of nitrogens with one attached hydrogen (secondary N) is 1. The fraction of sp³-hybridized carbons (Fsp3) is 0.467. The van der Waals surface area contributed by atoms with Gasteiger partial charge in [0.25, 0.3) is 0 Å². The van der Waals surface area contributed by atoms with Crippen LogP contribution in [0.1, 0.15) is 18.4 Å². The van der Waals surface area contributed by atoms with E-state index in [9.17, 15) is 4.79 Å². The molecular formula is C15H18N6OS. The van der Waals surface area contributed by atoms with Crippen LogP contribution in [0.4, 0.5) is 5.00 Å². The number of hydrogen-bond acceptors (Lipinski definition) is 6. The van der Waals surface area contributed by atoms with Gasteiger partial charge in [-0.25, -0.2) is 4.98 Å². The molecule has 7 nitrogen and oxygen atoms in total. The Morgan fingerprint density at radius 1 is 1.57 bits per heavy atom. The van der Waals surface area contributed by atoms with Crippen molar-refractivity contribution in [2.75, 3.05) is 25.0 Å². The Labute approximate surface area is 138 Å². The van der Waals surface area contributed by atoms with Gasteiger partial charge < -0.3 is 5.32 Å². The van der Waals surface area contributed by atoms with Crippen LogP contribution in [0.25, 0.3) is 0 Å². The first-order valence-electron chi connectivity index (χ1n) is 7.57. The van der Waals surface area contributed by atoms with Crippen LogP contribution in [0.5, 0.6) is 0 Å². The predicted molar refractivity (Wildman–Crippen MR) is 86.8 cm³/mol. The molecule has 3 rings (SSSR count). The van der Waals surface area contributed by atoms with Crippen LogP contribution in [0.15, 0.2) is 24.1 Å². The standard InChI is InChI=1S/C15H18N6OS/c16-6-13-3-5-23-15(13)19-14(22)9-20-4-1-2-12(7-20)8-21-11-17-10-18-21/h3,5,10-12H,1-2,4,7-9H2,(H,19,22)/t12-/m1/s1. The highest BCUT2D eigenvalue weighted by Crippen LogP contribution is 2.22. The van der Waals surface area contributed by atoms with Crippen molar-refractivity contribution in [2.24, 2.45) is 5.92 Å². The molecule has 1 N–H and O–H groups in total. The van der Waals surface area contributed by atoms with Crippen LogP contribution in [0.3, 0.4) is 0 Å². The molecule has 120 valence electrons. The first-order valence-corrected chi connectivity index (χ1v) is 8.45. The molecule has 8 heteroatoms. The van der Waals surface area contributed by atoms with E-state index in [2.05, 4.69) is 26.4 Å². The number of amides is 1. The zero-order valence-corrected chi connectivity index (χ0v) is 13.5. The van der Waals surface area contributed by atoms with Gasteiger partial charge in [0, 0.05) is 13.1 Å². The Kier molecular flexibility index (Phi) is 5.00. The fourth-order valence-electron chi connectivity index (χ4n) is 2.90. The number of hydrogen-bond donors (Lipinski definition) is 1. The molecule has 0 aliphatic carbocycles. The predicted octanol–water partition coefficient (Wildman–Crippen LogP) is 1.56. The third-order valence-corrected chi connectivity index (χ3v) is 4.75. The summed E-state index contributed by atoms with van der Waals surface area (Å²) in [6, 6.07) is 3.80. The average molecular weight is 330 g/mol. The lowest BCUT2D eigenvalue weighted by atomic mass is 9.98. The SMILES string of the molecule is N#Cc1ccsc1NC(=O)CN1CCC[C@@H](Cn2cncn2)C1. The Morgan fingerprint density at radius 3 is 3.26 bits per heavy atom. The summed E-state index contributed by atoms with van der Waals surface area (Å²) in [7, 11) is 0. The van der Waals surface area contributed by atoms with Crippen LogP contribution < -0.4 is 5.32 Å². The number of carbonyl (C=O) groups excluding carboxylic acids is 1. The van der Waals surface area contributed by atoms with Gasteiger partial charge in [0.05, 0.1) is 12.1 Å². The van der Waals surface area contributed by atoms with E-state index < -0.39 is 0 Å². The molecule has 1 atom stereocenters. The van der Waals surface area contributed by atoms with E-state index in [1.54, 1.807) is 18.7 Å². The molecular weight excluding hydrogens is 312 g/mol. The normalized spacial score (nSPS) is 18.5. The quantitative estimate of drug-likeness (QED) is 0.899. The number of carbonyl (C=O) groups is 1. The molecule has 1 aliphatic rings. The van der Waals surface area contributed by atoms with Gasteiger partial charge in [0.1, 0.15) is 23.7 Å². The number of thiophene rings is 1. The van der Waals surface area contributed by atoms with Crippen LogP contribution in [-0.4, -0.2) is 45.2 Å². The number of anilines is 1. The van der Waals surface area contributed by atoms with Crippen molar-refractivity contribution in [3.8, 4) is 6.07 Å². The molecule has 0 unspecified atom stereocenters. The molecule has 1 amide bonds. The van der Waals surface area contributed by atoms with Crippen LogP contribution in [0.2, 0.25) is 0 Å². The second-order valence-corrected chi connectivity index (χ2v) is 6.60. The van der Waals surface area contributed by atoms with Gasteiger partial charge >= 0.3 is 0 Å². The van der Waals surface area contributed by atoms with E-state index in [4.69, 9.17) is 5.26 Å². The van der Waals surface area contributed by atoms with Crippen molar-refractivity contribution in [1.29, 1.82) is 5.26 Å². The van der Waals surface area contributed by atoms with Gasteiger partial charge in [-0.1, -0.05) is 0 Å². The van der Waals surface area contributed by atoms with E-state index in [0.717, 1.165) is 32.5 Å². The smallest absolute Gasteiger partial charge is 0.239 e. The molecule has 0 spiro atoms. The Hall–Kier alpha value is -2.24. The Morgan fingerprint density at radius 2 is 2.48 bits per heavy atom. The number of aromatic nitrogens is 3. The summed E-state index contributed by atoms with van der Waals surface area (Å²) in [4.78, 5) is 18.3. The second kappa shape index (κ2) is 7.35. The maximum Gasteiger partial charge on any atom is 0.239 e. The molecule has 0 radical (unpaired) electrons. The summed E-state index contributed by atoms with van der Waals surface area (Å²) in [6.07, 6.45) is 5.49. The summed E-state index contributed by atoms with van der Waals surface area (Å²) in [5, 5.41) is 18.4. The van der Waals surface area contributed by atoms with E-state index in [1.165, 1.54) is 11.3 Å². The molecule has 1 fully saturated rings.